The van der Waals surface area contributed by atoms with E-state index in [0.717, 1.165) is 83.5 Å². The van der Waals surface area contributed by atoms with Crippen LogP contribution in [0.25, 0.3) is 0 Å². The van der Waals surface area contributed by atoms with E-state index < -0.39 is 6.10 Å². The molecule has 70 heavy (non-hydrogen) atoms. The Balaban J connectivity index is 4.56. The van der Waals surface area contributed by atoms with Crippen LogP contribution in [-0.2, 0) is 28.6 Å². The molecule has 0 aliphatic rings. The normalized spacial score (nSPS) is 13.2. The first-order valence-electron chi connectivity index (χ1n) is 28.0. The van der Waals surface area contributed by atoms with E-state index in [1.54, 1.807) is 0 Å². The van der Waals surface area contributed by atoms with Gasteiger partial charge in [0, 0.05) is 19.3 Å². The van der Waals surface area contributed by atoms with E-state index in [4.69, 9.17) is 14.2 Å². The lowest BCUT2D eigenvalue weighted by Crippen LogP contribution is -2.30. The number of hydrogen-bond donors (Lipinski definition) is 0. The number of carbonyl (C=O) groups excluding carboxylic acids is 3. The maximum absolute atomic E-state index is 12.9. The van der Waals surface area contributed by atoms with E-state index in [1.165, 1.54) is 96.3 Å². The Labute approximate surface area is 429 Å². The van der Waals surface area contributed by atoms with Gasteiger partial charge in [0.2, 0.25) is 0 Å². The molecular weight excluding hydrogens is 865 g/mol. The summed E-state index contributed by atoms with van der Waals surface area (Å²) in [5.41, 5.74) is 0. The third-order valence-electron chi connectivity index (χ3n) is 11.4. The zero-order chi connectivity index (χ0) is 50.7. The third kappa shape index (κ3) is 54.2. The van der Waals surface area contributed by atoms with Gasteiger partial charge >= 0.3 is 17.9 Å². The second-order valence-corrected chi connectivity index (χ2v) is 18.0. The molecule has 0 saturated heterocycles. The van der Waals surface area contributed by atoms with Crippen LogP contribution in [0.15, 0.2) is 146 Å². The van der Waals surface area contributed by atoms with E-state index in [2.05, 4.69) is 45.1 Å². The molecule has 0 aliphatic carbocycles. The van der Waals surface area contributed by atoms with Gasteiger partial charge < -0.3 is 14.2 Å². The molecule has 0 bridgehead atoms. The minimum absolute atomic E-state index is 0.119. The highest BCUT2D eigenvalue weighted by Gasteiger charge is 2.19. The summed E-state index contributed by atoms with van der Waals surface area (Å²) in [5, 5.41) is 0. The van der Waals surface area contributed by atoms with E-state index in [1.807, 2.05) is 122 Å². The molecule has 392 valence electrons. The van der Waals surface area contributed by atoms with Crippen molar-refractivity contribution in [1.82, 2.24) is 0 Å². The Morgan fingerprint density at radius 3 is 0.871 bits per heavy atom. The van der Waals surface area contributed by atoms with Crippen LogP contribution in [0.3, 0.4) is 0 Å². The van der Waals surface area contributed by atoms with Crippen LogP contribution in [0, 0.1) is 0 Å². The molecule has 1 atom stereocenters. The Hall–Kier alpha value is -4.71. The van der Waals surface area contributed by atoms with Crippen molar-refractivity contribution in [2.75, 3.05) is 13.2 Å². The van der Waals surface area contributed by atoms with Crippen LogP contribution in [0.5, 0.6) is 0 Å². The summed E-state index contributed by atoms with van der Waals surface area (Å²) in [5.74, 6) is -1.01. The molecule has 0 fully saturated rings. The van der Waals surface area contributed by atoms with Gasteiger partial charge in [-0.1, -0.05) is 289 Å². The van der Waals surface area contributed by atoms with Crippen molar-refractivity contribution in [2.45, 2.75) is 226 Å². The fourth-order valence-corrected chi connectivity index (χ4v) is 7.27. The van der Waals surface area contributed by atoms with Gasteiger partial charge in [-0.05, 0) is 57.8 Å². The van der Waals surface area contributed by atoms with Crippen LogP contribution >= 0.6 is 0 Å². The van der Waals surface area contributed by atoms with Crippen LogP contribution in [-0.4, -0.2) is 37.2 Å². The first-order chi connectivity index (χ1) is 34.5. The third-order valence-corrected chi connectivity index (χ3v) is 11.4. The Kier molecular flexibility index (Phi) is 53.0. The quantitative estimate of drug-likeness (QED) is 0.0262. The first-order valence-corrected chi connectivity index (χ1v) is 28.0. The van der Waals surface area contributed by atoms with E-state index >= 15 is 0 Å². The van der Waals surface area contributed by atoms with Gasteiger partial charge in [0.15, 0.2) is 6.10 Å². The van der Waals surface area contributed by atoms with Crippen molar-refractivity contribution in [3.63, 3.8) is 0 Å². The predicted octanol–water partition coefficient (Wildman–Crippen LogP) is 18.8. The molecule has 0 aromatic carbocycles. The van der Waals surface area contributed by atoms with Crippen molar-refractivity contribution < 1.29 is 28.6 Å². The molecular formula is C64H100O6. The molecule has 0 saturated carbocycles. The zero-order valence-corrected chi connectivity index (χ0v) is 44.7. The molecule has 0 aromatic heterocycles. The largest absolute Gasteiger partial charge is 0.462 e. The van der Waals surface area contributed by atoms with Crippen molar-refractivity contribution in [2.24, 2.45) is 0 Å². The van der Waals surface area contributed by atoms with Crippen LogP contribution < -0.4 is 0 Å². The summed E-state index contributed by atoms with van der Waals surface area (Å²) >= 11 is 0. The lowest BCUT2D eigenvalue weighted by atomic mass is 10.0. The highest BCUT2D eigenvalue weighted by Crippen LogP contribution is 2.16. The SMILES string of the molecule is CC\C=C/C=C\C=C/C=C\C=C/CCCCCC(=O)OCC(COC(=O)CCCCC\C=C/C=C\C=C\C=C/C=C\C=C/C=C\CC)OC(=O)CCCCCCCCCCCCCCCCCCCC. The van der Waals surface area contributed by atoms with Gasteiger partial charge in [0.1, 0.15) is 13.2 Å². The van der Waals surface area contributed by atoms with Crippen LogP contribution in [0.4, 0.5) is 0 Å². The zero-order valence-electron chi connectivity index (χ0n) is 44.7. The molecule has 0 spiro atoms. The second-order valence-electron chi connectivity index (χ2n) is 18.0. The maximum Gasteiger partial charge on any atom is 0.306 e. The molecule has 6 nitrogen and oxygen atoms in total. The standard InChI is InChI=1S/C64H100O6/c1-4-7-10-13-16-19-22-25-28-30-32-34-36-39-42-45-48-51-54-57-63(66)69-60-61(59-68-62(65)56-53-50-47-44-41-38-35-27-24-21-18-15-12-9-6-3)70-64(67)58-55-52-49-46-43-40-37-33-31-29-26-23-20-17-14-11-8-5-2/h7,9-10,12-13,15-16,18-19,21-22,24-25,27-28,30,32,34-36,38-39,41-42,61H,4-6,8,11,14,17,20,23,26,29,31,33,37,40,43-60H2,1-3H3/b10-7-,12-9-,16-13-,18-15-,22-19-,24-21-,28-25-,32-30+,35-27-,36-34-,41-38-,42-39-. The average molecular weight is 965 g/mol. The summed E-state index contributed by atoms with van der Waals surface area (Å²) < 4.78 is 16.8. The molecule has 0 heterocycles. The van der Waals surface area contributed by atoms with Crippen molar-refractivity contribution in [3.05, 3.63) is 146 Å². The van der Waals surface area contributed by atoms with Gasteiger partial charge in [0.05, 0.1) is 0 Å². The Morgan fingerprint density at radius 1 is 0.300 bits per heavy atom. The number of carbonyl (C=O) groups is 3. The monoisotopic (exact) mass is 965 g/mol. The number of unbranched alkanes of at least 4 members (excludes halogenated alkanes) is 23. The lowest BCUT2D eigenvalue weighted by Gasteiger charge is -2.18. The van der Waals surface area contributed by atoms with Crippen molar-refractivity contribution in [1.29, 1.82) is 0 Å². The first kappa shape index (κ1) is 65.3. The smallest absolute Gasteiger partial charge is 0.306 e. The number of allylic oxidation sites excluding steroid dienone is 24. The molecule has 0 aromatic rings. The lowest BCUT2D eigenvalue weighted by molar-refractivity contribution is -0.167. The van der Waals surface area contributed by atoms with Gasteiger partial charge in [-0.2, -0.15) is 0 Å². The molecule has 0 amide bonds. The van der Waals surface area contributed by atoms with Gasteiger partial charge in [-0.25, -0.2) is 0 Å². The number of esters is 3. The average Bonchev–Trinajstić information content (AvgIpc) is 3.36. The van der Waals surface area contributed by atoms with Crippen LogP contribution in [0.2, 0.25) is 0 Å². The van der Waals surface area contributed by atoms with E-state index in [-0.39, 0.29) is 31.1 Å². The summed E-state index contributed by atoms with van der Waals surface area (Å²) in [6.45, 7) is 6.27. The molecule has 0 rings (SSSR count). The summed E-state index contributed by atoms with van der Waals surface area (Å²) in [7, 11) is 0. The second kappa shape index (κ2) is 56.9. The minimum atomic E-state index is -0.820. The Morgan fingerprint density at radius 2 is 0.557 bits per heavy atom. The minimum Gasteiger partial charge on any atom is -0.462 e. The number of hydrogen-bond acceptors (Lipinski definition) is 6. The van der Waals surface area contributed by atoms with Gasteiger partial charge in [-0.15, -0.1) is 0 Å². The molecule has 1 unspecified atom stereocenters. The Bertz CT molecular complexity index is 1580. The number of ether oxygens (including phenoxy) is 3. The predicted molar refractivity (Wildman–Crippen MR) is 302 cm³/mol. The molecule has 0 aliphatic heterocycles. The van der Waals surface area contributed by atoms with Gasteiger partial charge in [-0.3, -0.25) is 14.4 Å². The number of rotatable bonds is 48. The topological polar surface area (TPSA) is 78.9 Å². The van der Waals surface area contributed by atoms with Gasteiger partial charge in [0.25, 0.3) is 0 Å². The molecule has 0 N–H and O–H groups in total. The van der Waals surface area contributed by atoms with Crippen LogP contribution in [0.1, 0.15) is 220 Å². The summed E-state index contributed by atoms with van der Waals surface area (Å²) in [6, 6.07) is 0. The van der Waals surface area contributed by atoms with E-state index in [9.17, 15) is 14.4 Å². The highest BCUT2D eigenvalue weighted by molar-refractivity contribution is 5.71. The molecule has 6 heteroatoms. The molecule has 0 radical (unpaired) electrons. The highest BCUT2D eigenvalue weighted by atomic mass is 16.6. The fourth-order valence-electron chi connectivity index (χ4n) is 7.27. The summed E-state index contributed by atoms with van der Waals surface area (Å²) in [4.78, 5) is 38.1. The van der Waals surface area contributed by atoms with Crippen molar-refractivity contribution >= 4 is 17.9 Å². The summed E-state index contributed by atoms with van der Waals surface area (Å²) in [6.07, 6.45) is 81.1. The maximum atomic E-state index is 12.9. The fraction of sp³-hybridized carbons (Fsp3) is 0.578. The van der Waals surface area contributed by atoms with E-state index in [0.29, 0.717) is 19.3 Å². The van der Waals surface area contributed by atoms with Crippen molar-refractivity contribution in [3.8, 4) is 0 Å².